The van der Waals surface area contributed by atoms with Crippen molar-refractivity contribution in [2.24, 2.45) is 0 Å². The van der Waals surface area contributed by atoms with Crippen LogP contribution >= 0.6 is 11.3 Å². The molecule has 1 aliphatic carbocycles. The molecule has 0 radical (unpaired) electrons. The summed E-state index contributed by atoms with van der Waals surface area (Å²) >= 11 is 1.48. The third-order valence-electron chi connectivity index (χ3n) is 3.46. The van der Waals surface area contributed by atoms with Crippen molar-refractivity contribution in [3.63, 3.8) is 0 Å². The van der Waals surface area contributed by atoms with Crippen LogP contribution in [0, 0.1) is 0 Å². The van der Waals surface area contributed by atoms with Gasteiger partial charge in [0.2, 0.25) is 0 Å². The highest BCUT2D eigenvalue weighted by molar-refractivity contribution is 7.13. The molecule has 1 aliphatic rings. The van der Waals surface area contributed by atoms with Gasteiger partial charge in [-0.2, -0.15) is 0 Å². The van der Waals surface area contributed by atoms with Crippen LogP contribution in [-0.4, -0.2) is 17.0 Å². The molecule has 1 fully saturated rings. The highest BCUT2D eigenvalue weighted by Gasteiger charge is 2.26. The van der Waals surface area contributed by atoms with Gasteiger partial charge in [0.25, 0.3) is 5.91 Å². The lowest BCUT2D eigenvalue weighted by Crippen LogP contribution is -2.27. The SMILES string of the molecule is CC(OCc1ccccc1)C(=O)Nc1nc(C2CC2)cs1. The lowest BCUT2D eigenvalue weighted by Gasteiger charge is -2.12. The number of amides is 1. The van der Waals surface area contributed by atoms with Crippen molar-refractivity contribution < 1.29 is 9.53 Å². The molecular formula is C16H18N2O2S. The first-order chi connectivity index (χ1) is 10.2. The maximum atomic E-state index is 12.1. The molecule has 1 N–H and O–H groups in total. The maximum Gasteiger partial charge on any atom is 0.255 e. The zero-order valence-corrected chi connectivity index (χ0v) is 12.7. The van der Waals surface area contributed by atoms with Gasteiger partial charge < -0.3 is 4.74 Å². The molecule has 0 saturated heterocycles. The molecule has 1 aromatic heterocycles. The van der Waals surface area contributed by atoms with E-state index in [-0.39, 0.29) is 5.91 Å². The molecule has 0 spiro atoms. The Morgan fingerprint density at radius 2 is 2.19 bits per heavy atom. The first kappa shape index (κ1) is 14.2. The molecule has 110 valence electrons. The fourth-order valence-corrected chi connectivity index (χ4v) is 2.78. The Hall–Kier alpha value is -1.72. The predicted octanol–water partition coefficient (Wildman–Crippen LogP) is 3.56. The summed E-state index contributed by atoms with van der Waals surface area (Å²) in [6, 6.07) is 9.83. The summed E-state index contributed by atoms with van der Waals surface area (Å²) in [7, 11) is 0. The average Bonchev–Trinajstić information content (AvgIpc) is 3.26. The van der Waals surface area contributed by atoms with Crippen LogP contribution in [0.4, 0.5) is 5.13 Å². The minimum Gasteiger partial charge on any atom is -0.364 e. The zero-order chi connectivity index (χ0) is 14.7. The van der Waals surface area contributed by atoms with E-state index in [1.165, 1.54) is 24.2 Å². The molecule has 1 heterocycles. The van der Waals surface area contributed by atoms with Crippen molar-refractivity contribution >= 4 is 22.4 Å². The van der Waals surface area contributed by atoms with E-state index in [1.54, 1.807) is 6.92 Å². The number of hydrogen-bond acceptors (Lipinski definition) is 4. The number of nitrogens with zero attached hydrogens (tertiary/aromatic N) is 1. The van der Waals surface area contributed by atoms with Crippen LogP contribution < -0.4 is 5.32 Å². The monoisotopic (exact) mass is 302 g/mol. The van der Waals surface area contributed by atoms with Gasteiger partial charge in [0, 0.05) is 11.3 Å². The smallest absolute Gasteiger partial charge is 0.255 e. The summed E-state index contributed by atoms with van der Waals surface area (Å²) in [5.74, 6) is 0.460. The van der Waals surface area contributed by atoms with Gasteiger partial charge in [0.15, 0.2) is 5.13 Å². The number of thiazole rings is 1. The number of carbonyl (C=O) groups excluding carboxylic acids is 1. The fourth-order valence-electron chi connectivity index (χ4n) is 1.99. The molecule has 1 atom stereocenters. The Bertz CT molecular complexity index is 608. The van der Waals surface area contributed by atoms with Crippen LogP contribution in [0.5, 0.6) is 0 Å². The molecule has 0 bridgehead atoms. The fraction of sp³-hybridized carbons (Fsp3) is 0.375. The average molecular weight is 302 g/mol. The Labute approximate surface area is 128 Å². The molecule has 21 heavy (non-hydrogen) atoms. The summed E-state index contributed by atoms with van der Waals surface area (Å²) < 4.78 is 5.59. The molecule has 3 rings (SSSR count). The van der Waals surface area contributed by atoms with E-state index in [1.807, 2.05) is 35.7 Å². The summed E-state index contributed by atoms with van der Waals surface area (Å²) in [6.45, 7) is 2.19. The second-order valence-electron chi connectivity index (χ2n) is 5.28. The van der Waals surface area contributed by atoms with Crippen molar-refractivity contribution in [1.82, 2.24) is 4.98 Å². The highest BCUT2D eigenvalue weighted by Crippen LogP contribution is 2.40. The van der Waals surface area contributed by atoms with Crippen molar-refractivity contribution in [2.75, 3.05) is 5.32 Å². The van der Waals surface area contributed by atoms with E-state index < -0.39 is 6.10 Å². The van der Waals surface area contributed by atoms with Crippen LogP contribution in [0.3, 0.4) is 0 Å². The van der Waals surface area contributed by atoms with Crippen molar-refractivity contribution in [3.05, 3.63) is 47.0 Å². The number of ether oxygens (including phenoxy) is 1. The van der Waals surface area contributed by atoms with Gasteiger partial charge >= 0.3 is 0 Å². The maximum absolute atomic E-state index is 12.1. The quantitative estimate of drug-likeness (QED) is 0.887. The van der Waals surface area contributed by atoms with E-state index in [2.05, 4.69) is 10.3 Å². The summed E-state index contributed by atoms with van der Waals surface area (Å²) in [6.07, 6.45) is 1.93. The van der Waals surface area contributed by atoms with Gasteiger partial charge in [0.05, 0.1) is 12.3 Å². The first-order valence-corrected chi connectivity index (χ1v) is 8.02. The first-order valence-electron chi connectivity index (χ1n) is 7.14. The highest BCUT2D eigenvalue weighted by atomic mass is 32.1. The van der Waals surface area contributed by atoms with Crippen molar-refractivity contribution in [1.29, 1.82) is 0 Å². The summed E-state index contributed by atoms with van der Waals surface area (Å²) in [5.41, 5.74) is 2.16. The van der Waals surface area contributed by atoms with Gasteiger partial charge in [-0.3, -0.25) is 10.1 Å². The molecule has 5 heteroatoms. The van der Waals surface area contributed by atoms with Gasteiger partial charge in [-0.1, -0.05) is 30.3 Å². The molecule has 2 aromatic rings. The van der Waals surface area contributed by atoms with Gasteiger partial charge in [-0.05, 0) is 25.3 Å². The second-order valence-corrected chi connectivity index (χ2v) is 6.14. The molecular weight excluding hydrogens is 284 g/mol. The molecule has 1 aromatic carbocycles. The van der Waals surface area contributed by atoms with E-state index in [4.69, 9.17) is 4.74 Å². The van der Waals surface area contributed by atoms with Crippen molar-refractivity contribution in [3.8, 4) is 0 Å². The third kappa shape index (κ3) is 3.89. The van der Waals surface area contributed by atoms with E-state index >= 15 is 0 Å². The molecule has 1 unspecified atom stereocenters. The minimum absolute atomic E-state index is 0.150. The van der Waals surface area contributed by atoms with E-state index in [9.17, 15) is 4.79 Å². The van der Waals surface area contributed by atoms with Gasteiger partial charge in [-0.25, -0.2) is 4.98 Å². The molecule has 4 nitrogen and oxygen atoms in total. The Balaban J connectivity index is 1.49. The normalized spacial score (nSPS) is 15.7. The minimum atomic E-state index is -0.501. The number of aromatic nitrogens is 1. The summed E-state index contributed by atoms with van der Waals surface area (Å²) in [4.78, 5) is 16.5. The van der Waals surface area contributed by atoms with Crippen molar-refractivity contribution in [2.45, 2.75) is 38.4 Å². The third-order valence-corrected chi connectivity index (χ3v) is 4.24. The van der Waals surface area contributed by atoms with Crippen LogP contribution in [0.25, 0.3) is 0 Å². The van der Waals surface area contributed by atoms with Crippen LogP contribution in [0.2, 0.25) is 0 Å². The Morgan fingerprint density at radius 1 is 1.43 bits per heavy atom. The summed E-state index contributed by atoms with van der Waals surface area (Å²) in [5, 5.41) is 5.52. The van der Waals surface area contributed by atoms with Crippen LogP contribution in [-0.2, 0) is 16.1 Å². The molecule has 1 amide bonds. The predicted molar refractivity (Wildman–Crippen MR) is 83.4 cm³/mol. The lowest BCUT2D eigenvalue weighted by atomic mass is 10.2. The van der Waals surface area contributed by atoms with E-state index in [0.29, 0.717) is 17.7 Å². The number of anilines is 1. The topological polar surface area (TPSA) is 51.2 Å². The molecule has 1 saturated carbocycles. The lowest BCUT2D eigenvalue weighted by molar-refractivity contribution is -0.127. The zero-order valence-electron chi connectivity index (χ0n) is 11.9. The van der Waals surface area contributed by atoms with Crippen LogP contribution in [0.1, 0.15) is 36.9 Å². The Kier molecular flexibility index (Phi) is 4.31. The van der Waals surface area contributed by atoms with Gasteiger partial charge in [-0.15, -0.1) is 11.3 Å². The molecule has 0 aliphatic heterocycles. The Morgan fingerprint density at radius 3 is 2.90 bits per heavy atom. The van der Waals surface area contributed by atoms with Gasteiger partial charge in [0.1, 0.15) is 6.10 Å². The standard InChI is InChI=1S/C16H18N2O2S/c1-11(20-9-12-5-3-2-4-6-12)15(19)18-16-17-14(10-21-16)13-7-8-13/h2-6,10-11,13H,7-9H2,1H3,(H,17,18,19). The second kappa shape index (κ2) is 6.37. The number of rotatable bonds is 6. The number of nitrogens with one attached hydrogen (secondary N) is 1. The van der Waals surface area contributed by atoms with E-state index in [0.717, 1.165) is 11.3 Å². The number of hydrogen-bond donors (Lipinski definition) is 1. The number of carbonyl (C=O) groups is 1. The van der Waals surface area contributed by atoms with Crippen LogP contribution in [0.15, 0.2) is 35.7 Å². The largest absolute Gasteiger partial charge is 0.364 e. The number of benzene rings is 1.